The Morgan fingerprint density at radius 1 is 1.27 bits per heavy atom. The fraction of sp³-hybridized carbons (Fsp3) is 0.636. The van der Waals surface area contributed by atoms with Crippen molar-refractivity contribution in [2.24, 2.45) is 11.5 Å². The molecule has 15 heavy (non-hydrogen) atoms. The zero-order valence-corrected chi connectivity index (χ0v) is 10.9. The van der Waals surface area contributed by atoms with Gasteiger partial charge in [0.2, 0.25) is 0 Å². The van der Waals surface area contributed by atoms with Gasteiger partial charge in [0.15, 0.2) is 0 Å². The highest BCUT2D eigenvalue weighted by atomic mass is 31.1. The largest absolute Gasteiger partial charge is 0.385 e. The maximum Gasteiger partial charge on any atom is 0.126 e. The first-order valence-electron chi connectivity index (χ1n) is 5.37. The smallest absolute Gasteiger partial charge is 0.126 e. The number of dihydropyridines is 1. The number of nitrogens with one attached hydrogen (secondary N) is 1. The van der Waals surface area contributed by atoms with Crippen LogP contribution in [0.2, 0.25) is 0 Å². The SMILES string of the molecule is CC(C)P(C(C)C)C1(N)C=CC=C(N)N1. The van der Waals surface area contributed by atoms with E-state index in [2.05, 4.69) is 33.0 Å². The van der Waals surface area contributed by atoms with E-state index < -0.39 is 5.40 Å². The zero-order valence-electron chi connectivity index (χ0n) is 9.99. The van der Waals surface area contributed by atoms with Gasteiger partial charge < -0.3 is 16.8 Å². The average Bonchev–Trinajstić information content (AvgIpc) is 1.99. The van der Waals surface area contributed by atoms with Gasteiger partial charge in [-0.15, -0.1) is 0 Å². The fourth-order valence-corrected chi connectivity index (χ4v) is 5.63. The third-order valence-electron chi connectivity index (χ3n) is 2.51. The van der Waals surface area contributed by atoms with Crippen LogP contribution in [0, 0.1) is 0 Å². The van der Waals surface area contributed by atoms with E-state index in [0.717, 1.165) is 0 Å². The van der Waals surface area contributed by atoms with Crippen molar-refractivity contribution in [3.05, 3.63) is 24.0 Å². The van der Waals surface area contributed by atoms with Crippen molar-refractivity contribution >= 4 is 7.92 Å². The van der Waals surface area contributed by atoms with E-state index >= 15 is 0 Å². The molecule has 1 unspecified atom stereocenters. The Kier molecular flexibility index (Phi) is 3.80. The highest BCUT2D eigenvalue weighted by Crippen LogP contribution is 2.54. The average molecular weight is 227 g/mol. The molecule has 0 aromatic carbocycles. The standard InChI is InChI=1S/C11H22N3P/c1-8(2)15(9(3)4)11(13)7-5-6-10(12)14-11/h5-9,14H,12-13H2,1-4H3. The normalized spacial score (nSPS) is 26.0. The third-order valence-corrected chi connectivity index (χ3v) is 5.85. The molecular weight excluding hydrogens is 205 g/mol. The Morgan fingerprint density at radius 2 is 1.80 bits per heavy atom. The van der Waals surface area contributed by atoms with Crippen LogP contribution in [-0.4, -0.2) is 16.7 Å². The Hall–Kier alpha value is -0.530. The molecule has 0 aromatic heterocycles. The fourth-order valence-electron chi connectivity index (χ4n) is 2.21. The highest BCUT2D eigenvalue weighted by Gasteiger charge is 2.37. The van der Waals surface area contributed by atoms with Gasteiger partial charge in [0.25, 0.3) is 0 Å². The molecule has 0 spiro atoms. The molecule has 1 atom stereocenters. The van der Waals surface area contributed by atoms with Gasteiger partial charge in [0, 0.05) is 0 Å². The number of hydrogen-bond donors (Lipinski definition) is 3. The molecule has 86 valence electrons. The van der Waals surface area contributed by atoms with Gasteiger partial charge in [0.1, 0.15) is 5.40 Å². The van der Waals surface area contributed by atoms with Crippen LogP contribution in [0.15, 0.2) is 24.0 Å². The Bertz CT molecular complexity index is 276. The molecule has 0 radical (unpaired) electrons. The van der Waals surface area contributed by atoms with Crippen molar-refractivity contribution in [1.82, 2.24) is 5.32 Å². The number of rotatable bonds is 3. The van der Waals surface area contributed by atoms with Gasteiger partial charge in [-0.25, -0.2) is 0 Å². The maximum atomic E-state index is 6.41. The molecule has 3 nitrogen and oxygen atoms in total. The lowest BCUT2D eigenvalue weighted by molar-refractivity contribution is 0.604. The summed E-state index contributed by atoms with van der Waals surface area (Å²) in [4.78, 5) is 0. The Morgan fingerprint density at radius 3 is 2.20 bits per heavy atom. The molecule has 4 heteroatoms. The molecule has 1 heterocycles. The molecule has 0 saturated heterocycles. The molecule has 0 saturated carbocycles. The summed E-state index contributed by atoms with van der Waals surface area (Å²) in [5, 5.41) is 2.77. The summed E-state index contributed by atoms with van der Waals surface area (Å²) in [6.07, 6.45) is 5.83. The minimum absolute atomic E-state index is 0.346. The molecular formula is C11H22N3P. The summed E-state index contributed by atoms with van der Waals surface area (Å²) in [6.45, 7) is 8.91. The first-order valence-corrected chi connectivity index (χ1v) is 6.85. The molecule has 0 fully saturated rings. The minimum atomic E-state index is -0.448. The molecule has 1 rings (SSSR count). The topological polar surface area (TPSA) is 64.1 Å². The van der Waals surface area contributed by atoms with Crippen molar-refractivity contribution in [2.75, 3.05) is 0 Å². The monoisotopic (exact) mass is 227 g/mol. The number of hydrogen-bond acceptors (Lipinski definition) is 3. The Labute approximate surface area is 93.7 Å². The lowest BCUT2D eigenvalue weighted by Gasteiger charge is -2.43. The second-order valence-electron chi connectivity index (χ2n) is 4.53. The van der Waals surface area contributed by atoms with Gasteiger partial charge in [0.05, 0.1) is 5.82 Å². The van der Waals surface area contributed by atoms with Gasteiger partial charge in [-0.1, -0.05) is 41.7 Å². The second kappa shape index (κ2) is 4.54. The predicted octanol–water partition coefficient (Wildman–Crippen LogP) is 1.86. The van der Waals surface area contributed by atoms with Crippen molar-refractivity contribution < 1.29 is 0 Å². The van der Waals surface area contributed by atoms with Crippen LogP contribution in [-0.2, 0) is 0 Å². The van der Waals surface area contributed by atoms with E-state index in [1.54, 1.807) is 0 Å². The molecule has 5 N–H and O–H groups in total. The van der Waals surface area contributed by atoms with Crippen molar-refractivity contribution in [1.29, 1.82) is 0 Å². The summed E-state index contributed by atoms with van der Waals surface area (Å²) in [7, 11) is -0.346. The predicted molar refractivity (Wildman–Crippen MR) is 68.7 cm³/mol. The molecule has 0 aromatic rings. The van der Waals surface area contributed by atoms with Gasteiger partial charge in [-0.3, -0.25) is 0 Å². The molecule has 0 amide bonds. The van der Waals surface area contributed by atoms with Crippen LogP contribution in [0.1, 0.15) is 27.7 Å². The first kappa shape index (κ1) is 12.5. The zero-order chi connectivity index (χ0) is 11.6. The second-order valence-corrected chi connectivity index (χ2v) is 8.15. The quantitative estimate of drug-likeness (QED) is 0.645. The highest BCUT2D eigenvalue weighted by molar-refractivity contribution is 7.60. The van der Waals surface area contributed by atoms with Crippen molar-refractivity contribution in [3.63, 3.8) is 0 Å². The molecule has 1 aliphatic rings. The molecule has 0 aliphatic carbocycles. The van der Waals surface area contributed by atoms with Crippen molar-refractivity contribution in [2.45, 2.75) is 44.4 Å². The van der Waals surface area contributed by atoms with E-state index in [1.807, 2.05) is 18.2 Å². The summed E-state index contributed by atoms with van der Waals surface area (Å²) in [5.74, 6) is 0.661. The van der Waals surface area contributed by atoms with E-state index in [4.69, 9.17) is 11.5 Å². The molecule has 0 bridgehead atoms. The van der Waals surface area contributed by atoms with E-state index in [0.29, 0.717) is 17.1 Å². The lowest BCUT2D eigenvalue weighted by Crippen LogP contribution is -2.54. The van der Waals surface area contributed by atoms with E-state index in [9.17, 15) is 0 Å². The van der Waals surface area contributed by atoms with Crippen LogP contribution in [0.4, 0.5) is 0 Å². The van der Waals surface area contributed by atoms with Crippen LogP contribution in [0.5, 0.6) is 0 Å². The van der Waals surface area contributed by atoms with Crippen LogP contribution in [0.3, 0.4) is 0 Å². The first-order chi connectivity index (χ1) is 6.87. The minimum Gasteiger partial charge on any atom is -0.385 e. The van der Waals surface area contributed by atoms with E-state index in [-0.39, 0.29) is 7.92 Å². The number of nitrogens with two attached hydrogens (primary N) is 2. The Balaban J connectivity index is 2.93. The summed E-state index contributed by atoms with van der Waals surface area (Å²) < 4.78 is 0. The molecule has 1 aliphatic heterocycles. The summed E-state index contributed by atoms with van der Waals surface area (Å²) in [6, 6.07) is 0. The maximum absolute atomic E-state index is 6.41. The lowest BCUT2D eigenvalue weighted by atomic mass is 10.3. The number of allylic oxidation sites excluding steroid dienone is 2. The van der Waals surface area contributed by atoms with Gasteiger partial charge in [-0.2, -0.15) is 0 Å². The van der Waals surface area contributed by atoms with Crippen LogP contribution < -0.4 is 16.8 Å². The van der Waals surface area contributed by atoms with Crippen molar-refractivity contribution in [3.8, 4) is 0 Å². The summed E-state index contributed by atoms with van der Waals surface area (Å²) >= 11 is 0. The van der Waals surface area contributed by atoms with E-state index in [1.165, 1.54) is 0 Å². The third kappa shape index (κ3) is 2.73. The van der Waals surface area contributed by atoms with Gasteiger partial charge in [-0.05, 0) is 23.5 Å². The van der Waals surface area contributed by atoms with Crippen LogP contribution >= 0.6 is 7.92 Å². The van der Waals surface area contributed by atoms with Gasteiger partial charge >= 0.3 is 0 Å². The van der Waals surface area contributed by atoms with Crippen LogP contribution in [0.25, 0.3) is 0 Å². The summed E-state index contributed by atoms with van der Waals surface area (Å²) in [5.41, 5.74) is 13.3.